The van der Waals surface area contributed by atoms with Gasteiger partial charge in [-0.3, -0.25) is 4.79 Å². The van der Waals surface area contributed by atoms with E-state index in [1.807, 2.05) is 12.1 Å². The molecule has 0 saturated heterocycles. The first kappa shape index (κ1) is 13.4. The minimum atomic E-state index is -0.178. The molecule has 0 saturated carbocycles. The lowest BCUT2D eigenvalue weighted by Crippen LogP contribution is -2.25. The van der Waals surface area contributed by atoms with Crippen molar-refractivity contribution in [1.82, 2.24) is 10.3 Å². The highest BCUT2D eigenvalue weighted by molar-refractivity contribution is 6.29. The van der Waals surface area contributed by atoms with Crippen LogP contribution in [0.4, 0.5) is 0 Å². The van der Waals surface area contributed by atoms with Crippen molar-refractivity contribution in [3.8, 4) is 5.75 Å². The summed E-state index contributed by atoms with van der Waals surface area (Å²) in [5.41, 5.74) is 1.53. The average molecular weight is 277 g/mol. The van der Waals surface area contributed by atoms with Crippen molar-refractivity contribution in [2.45, 2.75) is 6.42 Å². The van der Waals surface area contributed by atoms with E-state index in [1.54, 1.807) is 24.3 Å². The molecule has 0 bridgehead atoms. The summed E-state index contributed by atoms with van der Waals surface area (Å²) in [4.78, 5) is 15.6. The predicted molar refractivity (Wildman–Crippen MR) is 73.4 cm³/mol. The molecule has 1 aromatic heterocycles. The molecule has 0 atom stereocenters. The van der Waals surface area contributed by atoms with Crippen molar-refractivity contribution in [2.24, 2.45) is 0 Å². The van der Waals surface area contributed by atoms with Crippen molar-refractivity contribution >= 4 is 17.5 Å². The highest BCUT2D eigenvalue weighted by Gasteiger charge is 2.05. The lowest BCUT2D eigenvalue weighted by molar-refractivity contribution is 0.0954. The van der Waals surface area contributed by atoms with Gasteiger partial charge in [0.1, 0.15) is 10.9 Å². The van der Waals surface area contributed by atoms with Gasteiger partial charge in [0.2, 0.25) is 0 Å². The number of nitrogens with zero attached hydrogens (tertiary/aromatic N) is 1. The summed E-state index contributed by atoms with van der Waals surface area (Å²) < 4.78 is 0. The minimum absolute atomic E-state index is 0.178. The Morgan fingerprint density at radius 1 is 1.21 bits per heavy atom. The van der Waals surface area contributed by atoms with Crippen LogP contribution >= 0.6 is 11.6 Å². The Morgan fingerprint density at radius 2 is 1.95 bits per heavy atom. The quantitative estimate of drug-likeness (QED) is 0.843. The van der Waals surface area contributed by atoms with Crippen molar-refractivity contribution in [1.29, 1.82) is 0 Å². The zero-order chi connectivity index (χ0) is 13.7. The van der Waals surface area contributed by atoms with Crippen molar-refractivity contribution in [2.75, 3.05) is 6.54 Å². The van der Waals surface area contributed by atoms with Gasteiger partial charge in [-0.2, -0.15) is 0 Å². The second kappa shape index (κ2) is 6.20. The fourth-order valence-electron chi connectivity index (χ4n) is 1.60. The maximum absolute atomic E-state index is 11.8. The van der Waals surface area contributed by atoms with Gasteiger partial charge in [-0.25, -0.2) is 4.98 Å². The predicted octanol–water partition coefficient (Wildman–Crippen LogP) is 2.41. The lowest BCUT2D eigenvalue weighted by atomic mass is 10.1. The molecular weight excluding hydrogens is 264 g/mol. The van der Waals surface area contributed by atoms with Crippen molar-refractivity contribution in [3.63, 3.8) is 0 Å². The van der Waals surface area contributed by atoms with Crippen LogP contribution in [0.1, 0.15) is 15.9 Å². The highest BCUT2D eigenvalue weighted by Crippen LogP contribution is 2.10. The average Bonchev–Trinajstić information content (AvgIpc) is 2.41. The van der Waals surface area contributed by atoms with Crippen LogP contribution in [0.2, 0.25) is 5.15 Å². The number of phenolic OH excluding ortho intramolecular Hbond substituents is 1. The van der Waals surface area contributed by atoms with Gasteiger partial charge in [-0.05, 0) is 36.2 Å². The molecule has 1 heterocycles. The number of aromatic nitrogens is 1. The summed E-state index contributed by atoms with van der Waals surface area (Å²) >= 11 is 5.65. The standard InChI is InChI=1S/C14H13ClN2O2/c15-13-6-3-11(9-17-13)14(19)16-8-7-10-1-4-12(18)5-2-10/h1-6,9,18H,7-8H2,(H,16,19). The third-order valence-corrected chi connectivity index (χ3v) is 2.85. The molecule has 1 aromatic carbocycles. The topological polar surface area (TPSA) is 62.2 Å². The summed E-state index contributed by atoms with van der Waals surface area (Å²) in [5, 5.41) is 12.3. The van der Waals surface area contributed by atoms with Gasteiger partial charge in [0.15, 0.2) is 0 Å². The number of benzene rings is 1. The Labute approximate surface area is 116 Å². The molecule has 0 unspecified atom stereocenters. The number of hydrogen-bond donors (Lipinski definition) is 2. The van der Waals surface area contributed by atoms with Gasteiger partial charge in [0.05, 0.1) is 5.56 Å². The van der Waals surface area contributed by atoms with Crippen LogP contribution < -0.4 is 5.32 Å². The second-order valence-corrected chi connectivity index (χ2v) is 4.43. The normalized spacial score (nSPS) is 10.2. The summed E-state index contributed by atoms with van der Waals surface area (Å²) in [6, 6.07) is 10.1. The number of carbonyl (C=O) groups is 1. The van der Waals surface area contributed by atoms with Crippen molar-refractivity contribution in [3.05, 3.63) is 58.9 Å². The molecular formula is C14H13ClN2O2. The maximum Gasteiger partial charge on any atom is 0.252 e. The molecule has 2 N–H and O–H groups in total. The fourth-order valence-corrected chi connectivity index (χ4v) is 1.71. The molecule has 0 radical (unpaired) electrons. The molecule has 1 amide bonds. The molecule has 2 aromatic rings. The number of carbonyl (C=O) groups excluding carboxylic acids is 1. The number of aromatic hydroxyl groups is 1. The monoisotopic (exact) mass is 276 g/mol. The van der Waals surface area contributed by atoms with Gasteiger partial charge in [0.25, 0.3) is 5.91 Å². The van der Waals surface area contributed by atoms with Gasteiger partial charge < -0.3 is 10.4 Å². The van der Waals surface area contributed by atoms with E-state index in [0.717, 1.165) is 5.56 Å². The van der Waals surface area contributed by atoms with Gasteiger partial charge in [0, 0.05) is 12.7 Å². The number of halogens is 1. The Kier molecular flexibility index (Phi) is 4.36. The smallest absolute Gasteiger partial charge is 0.252 e. The molecule has 0 aliphatic carbocycles. The third kappa shape index (κ3) is 3.96. The van der Waals surface area contributed by atoms with E-state index in [9.17, 15) is 4.79 Å². The molecule has 19 heavy (non-hydrogen) atoms. The summed E-state index contributed by atoms with van der Waals surface area (Å²) in [7, 11) is 0. The summed E-state index contributed by atoms with van der Waals surface area (Å²) in [6.07, 6.45) is 2.14. The van der Waals surface area contributed by atoms with E-state index in [2.05, 4.69) is 10.3 Å². The second-order valence-electron chi connectivity index (χ2n) is 4.04. The molecule has 5 heteroatoms. The number of hydrogen-bond acceptors (Lipinski definition) is 3. The first-order chi connectivity index (χ1) is 9.15. The number of pyridine rings is 1. The Bertz CT molecular complexity index is 553. The van der Waals surface area contributed by atoms with E-state index in [1.165, 1.54) is 6.20 Å². The Morgan fingerprint density at radius 3 is 2.58 bits per heavy atom. The van der Waals surface area contributed by atoms with Gasteiger partial charge >= 0.3 is 0 Å². The number of rotatable bonds is 4. The molecule has 4 nitrogen and oxygen atoms in total. The SMILES string of the molecule is O=C(NCCc1ccc(O)cc1)c1ccc(Cl)nc1. The highest BCUT2D eigenvalue weighted by atomic mass is 35.5. The summed E-state index contributed by atoms with van der Waals surface area (Å²) in [6.45, 7) is 0.520. The third-order valence-electron chi connectivity index (χ3n) is 2.63. The van der Waals surface area contributed by atoms with Gasteiger partial charge in [-0.1, -0.05) is 23.7 Å². The first-order valence-corrected chi connectivity index (χ1v) is 6.20. The van der Waals surface area contributed by atoms with Crippen molar-refractivity contribution < 1.29 is 9.90 Å². The van der Waals surface area contributed by atoms with E-state index in [-0.39, 0.29) is 11.7 Å². The van der Waals surface area contributed by atoms with Crippen LogP contribution in [-0.2, 0) is 6.42 Å². The van der Waals surface area contributed by atoms with Crippen LogP contribution in [0.5, 0.6) is 5.75 Å². The largest absolute Gasteiger partial charge is 0.508 e. The van der Waals surface area contributed by atoms with E-state index in [0.29, 0.717) is 23.7 Å². The number of nitrogens with one attached hydrogen (secondary N) is 1. The van der Waals surface area contributed by atoms with E-state index < -0.39 is 0 Å². The summed E-state index contributed by atoms with van der Waals surface area (Å²) in [5.74, 6) is 0.0583. The molecule has 0 aliphatic rings. The molecule has 0 spiro atoms. The van der Waals surface area contributed by atoms with Crippen LogP contribution in [-0.4, -0.2) is 22.5 Å². The number of amides is 1. The first-order valence-electron chi connectivity index (χ1n) is 5.83. The van der Waals surface area contributed by atoms with Gasteiger partial charge in [-0.15, -0.1) is 0 Å². The van der Waals surface area contributed by atoms with Crippen LogP contribution in [0.25, 0.3) is 0 Å². The molecule has 0 aliphatic heterocycles. The van der Waals surface area contributed by atoms with Crippen LogP contribution in [0.15, 0.2) is 42.6 Å². The van der Waals surface area contributed by atoms with Crippen LogP contribution in [0, 0.1) is 0 Å². The lowest BCUT2D eigenvalue weighted by Gasteiger charge is -2.05. The fraction of sp³-hybridized carbons (Fsp3) is 0.143. The maximum atomic E-state index is 11.8. The minimum Gasteiger partial charge on any atom is -0.508 e. The van der Waals surface area contributed by atoms with E-state index in [4.69, 9.17) is 16.7 Å². The zero-order valence-corrected chi connectivity index (χ0v) is 10.9. The Hall–Kier alpha value is -2.07. The van der Waals surface area contributed by atoms with E-state index >= 15 is 0 Å². The van der Waals surface area contributed by atoms with Crippen LogP contribution in [0.3, 0.4) is 0 Å². The number of phenols is 1. The molecule has 2 rings (SSSR count). The Balaban J connectivity index is 1.84. The zero-order valence-electron chi connectivity index (χ0n) is 10.1. The molecule has 0 fully saturated rings. The molecule has 98 valence electrons.